The van der Waals surface area contributed by atoms with Crippen LogP contribution in [0.2, 0.25) is 5.02 Å². The summed E-state index contributed by atoms with van der Waals surface area (Å²) < 4.78 is 0. The molecule has 1 unspecified atom stereocenters. The van der Waals surface area contributed by atoms with Gasteiger partial charge in [-0.2, -0.15) is 0 Å². The molecule has 2 nitrogen and oxygen atoms in total. The van der Waals surface area contributed by atoms with Gasteiger partial charge in [-0.1, -0.05) is 31.5 Å². The summed E-state index contributed by atoms with van der Waals surface area (Å²) in [5.41, 5.74) is 2.49. The third-order valence-corrected chi connectivity index (χ3v) is 4.24. The molecule has 0 aliphatic heterocycles. The highest BCUT2D eigenvalue weighted by atomic mass is 35.5. The fourth-order valence-electron chi connectivity index (χ4n) is 2.63. The maximum atomic E-state index is 6.54. The Bertz CT molecular complexity index is 429. The Kier molecular flexibility index (Phi) is 5.74. The van der Waals surface area contributed by atoms with Gasteiger partial charge in [0.1, 0.15) is 0 Å². The molecule has 1 aromatic carbocycles. The fraction of sp³-hybridized carbons (Fsp3) is 0.647. The molecule has 0 amide bonds. The van der Waals surface area contributed by atoms with Crippen LogP contribution < -0.4 is 10.2 Å². The van der Waals surface area contributed by atoms with Crippen LogP contribution in [0.15, 0.2) is 18.2 Å². The van der Waals surface area contributed by atoms with Crippen molar-refractivity contribution in [3.63, 3.8) is 0 Å². The number of hydrogen-bond donors (Lipinski definition) is 1. The molecule has 0 aromatic heterocycles. The lowest BCUT2D eigenvalue weighted by molar-refractivity contribution is 0.570. The smallest absolute Gasteiger partial charge is 0.0642 e. The van der Waals surface area contributed by atoms with E-state index in [1.165, 1.54) is 30.5 Å². The average molecular weight is 295 g/mol. The van der Waals surface area contributed by atoms with Crippen LogP contribution in [0.1, 0.15) is 58.1 Å². The molecule has 1 aliphatic carbocycles. The quantitative estimate of drug-likeness (QED) is 0.742. The summed E-state index contributed by atoms with van der Waals surface area (Å²) in [7, 11) is 0. The lowest BCUT2D eigenvalue weighted by Crippen LogP contribution is -2.27. The number of anilines is 1. The predicted molar refractivity (Wildman–Crippen MR) is 88.8 cm³/mol. The van der Waals surface area contributed by atoms with Crippen molar-refractivity contribution in [1.29, 1.82) is 0 Å². The van der Waals surface area contributed by atoms with Crippen LogP contribution in [0.5, 0.6) is 0 Å². The minimum absolute atomic E-state index is 0.363. The summed E-state index contributed by atoms with van der Waals surface area (Å²) in [6, 6.07) is 7.64. The summed E-state index contributed by atoms with van der Waals surface area (Å²) in [5.74, 6) is 0. The number of rotatable bonds is 8. The van der Waals surface area contributed by atoms with E-state index in [4.69, 9.17) is 11.6 Å². The molecule has 1 fully saturated rings. The van der Waals surface area contributed by atoms with E-state index in [-0.39, 0.29) is 0 Å². The van der Waals surface area contributed by atoms with Crippen molar-refractivity contribution in [2.24, 2.45) is 0 Å². The molecule has 1 aromatic rings. The van der Waals surface area contributed by atoms with Crippen LogP contribution in [0, 0.1) is 0 Å². The van der Waals surface area contributed by atoms with Crippen LogP contribution in [0.25, 0.3) is 0 Å². The average Bonchev–Trinajstić information content (AvgIpc) is 3.27. The van der Waals surface area contributed by atoms with Gasteiger partial charge in [-0.25, -0.2) is 0 Å². The molecule has 3 heteroatoms. The first-order valence-electron chi connectivity index (χ1n) is 7.96. The number of hydrogen-bond acceptors (Lipinski definition) is 2. The van der Waals surface area contributed by atoms with Gasteiger partial charge in [0.25, 0.3) is 0 Å². The van der Waals surface area contributed by atoms with E-state index in [0.717, 1.165) is 24.5 Å². The van der Waals surface area contributed by atoms with Crippen LogP contribution in [0.3, 0.4) is 0 Å². The Labute approximate surface area is 128 Å². The summed E-state index contributed by atoms with van der Waals surface area (Å²) in [5, 5.41) is 4.41. The second-order valence-corrected chi connectivity index (χ2v) is 6.22. The van der Waals surface area contributed by atoms with Crippen molar-refractivity contribution in [1.82, 2.24) is 5.32 Å². The van der Waals surface area contributed by atoms with Crippen LogP contribution in [-0.2, 0) is 0 Å². The second-order valence-electron chi connectivity index (χ2n) is 5.81. The molecular weight excluding hydrogens is 268 g/mol. The Morgan fingerprint density at radius 2 is 2.05 bits per heavy atom. The maximum Gasteiger partial charge on any atom is 0.0642 e. The van der Waals surface area contributed by atoms with Crippen LogP contribution in [-0.4, -0.2) is 19.1 Å². The van der Waals surface area contributed by atoms with Gasteiger partial charge in [-0.05, 0) is 56.8 Å². The minimum atomic E-state index is 0.363. The van der Waals surface area contributed by atoms with Gasteiger partial charge in [0.05, 0.1) is 10.7 Å². The lowest BCUT2D eigenvalue weighted by Gasteiger charge is -2.26. The van der Waals surface area contributed by atoms with Crippen LogP contribution >= 0.6 is 11.6 Å². The van der Waals surface area contributed by atoms with Crippen molar-refractivity contribution in [3.05, 3.63) is 28.8 Å². The zero-order valence-corrected chi connectivity index (χ0v) is 13.7. The molecule has 0 spiro atoms. The molecule has 1 aliphatic rings. The van der Waals surface area contributed by atoms with E-state index < -0.39 is 0 Å². The fourth-order valence-corrected chi connectivity index (χ4v) is 2.93. The standard InChI is InChI=1S/C17H27ClN2/c1-4-10-19-13(3)14-6-9-17(16(18)12-14)20(11-5-2)15-7-8-15/h6,9,12-13,15,19H,4-5,7-8,10-11H2,1-3H3. The third-order valence-electron chi connectivity index (χ3n) is 3.93. The molecule has 0 saturated heterocycles. The zero-order valence-electron chi connectivity index (χ0n) is 13.0. The predicted octanol–water partition coefficient (Wildman–Crippen LogP) is 4.78. The monoisotopic (exact) mass is 294 g/mol. The van der Waals surface area contributed by atoms with E-state index in [0.29, 0.717) is 12.1 Å². The number of halogens is 1. The molecule has 1 saturated carbocycles. The van der Waals surface area contributed by atoms with E-state index in [9.17, 15) is 0 Å². The molecule has 20 heavy (non-hydrogen) atoms. The molecule has 0 heterocycles. The summed E-state index contributed by atoms with van der Waals surface area (Å²) >= 11 is 6.54. The Hall–Kier alpha value is -0.730. The minimum Gasteiger partial charge on any atom is -0.367 e. The first kappa shape index (κ1) is 15.7. The van der Waals surface area contributed by atoms with Gasteiger partial charge in [0.2, 0.25) is 0 Å². The van der Waals surface area contributed by atoms with E-state index in [1.54, 1.807) is 0 Å². The first-order chi connectivity index (χ1) is 9.67. The van der Waals surface area contributed by atoms with Gasteiger partial charge in [-0.15, -0.1) is 0 Å². The summed E-state index contributed by atoms with van der Waals surface area (Å²) in [6.07, 6.45) is 4.95. The Morgan fingerprint density at radius 1 is 1.30 bits per heavy atom. The lowest BCUT2D eigenvalue weighted by atomic mass is 10.1. The largest absolute Gasteiger partial charge is 0.367 e. The number of nitrogens with one attached hydrogen (secondary N) is 1. The number of nitrogens with zero attached hydrogens (tertiary/aromatic N) is 1. The van der Waals surface area contributed by atoms with Crippen molar-refractivity contribution >= 4 is 17.3 Å². The van der Waals surface area contributed by atoms with Crippen molar-refractivity contribution in [2.45, 2.75) is 58.5 Å². The highest BCUT2D eigenvalue weighted by Gasteiger charge is 2.29. The third kappa shape index (κ3) is 3.89. The highest BCUT2D eigenvalue weighted by molar-refractivity contribution is 6.33. The molecule has 0 radical (unpaired) electrons. The van der Waals surface area contributed by atoms with Gasteiger partial charge < -0.3 is 10.2 Å². The summed E-state index contributed by atoms with van der Waals surface area (Å²) in [4.78, 5) is 2.48. The topological polar surface area (TPSA) is 15.3 Å². The van der Waals surface area contributed by atoms with Gasteiger partial charge >= 0.3 is 0 Å². The first-order valence-corrected chi connectivity index (χ1v) is 8.34. The second kappa shape index (κ2) is 7.33. The molecule has 1 N–H and O–H groups in total. The van der Waals surface area contributed by atoms with Crippen molar-refractivity contribution in [2.75, 3.05) is 18.0 Å². The van der Waals surface area contributed by atoms with Crippen molar-refractivity contribution in [3.8, 4) is 0 Å². The summed E-state index contributed by atoms with van der Waals surface area (Å²) in [6.45, 7) is 8.77. The van der Waals surface area contributed by atoms with E-state index in [2.05, 4.69) is 49.2 Å². The zero-order chi connectivity index (χ0) is 14.5. The molecule has 1 atom stereocenters. The molecule has 0 bridgehead atoms. The van der Waals surface area contributed by atoms with Gasteiger partial charge in [0, 0.05) is 18.6 Å². The maximum absolute atomic E-state index is 6.54. The van der Waals surface area contributed by atoms with Gasteiger partial charge in [0.15, 0.2) is 0 Å². The number of benzene rings is 1. The Balaban J connectivity index is 2.11. The van der Waals surface area contributed by atoms with E-state index in [1.807, 2.05) is 0 Å². The molecule has 112 valence electrons. The van der Waals surface area contributed by atoms with E-state index >= 15 is 0 Å². The molecular formula is C17H27ClN2. The van der Waals surface area contributed by atoms with Gasteiger partial charge in [-0.3, -0.25) is 0 Å². The molecule has 2 rings (SSSR count). The van der Waals surface area contributed by atoms with Crippen molar-refractivity contribution < 1.29 is 0 Å². The Morgan fingerprint density at radius 3 is 2.60 bits per heavy atom. The van der Waals surface area contributed by atoms with Crippen LogP contribution in [0.4, 0.5) is 5.69 Å². The highest BCUT2D eigenvalue weighted by Crippen LogP contribution is 2.36. The normalized spacial score (nSPS) is 16.2. The SMILES string of the molecule is CCCNC(C)c1ccc(N(CCC)C2CC2)c(Cl)c1.